The number of nitrogens with one attached hydrogen (secondary N) is 2. The van der Waals surface area contributed by atoms with Gasteiger partial charge in [0.05, 0.1) is 11.5 Å². The minimum atomic E-state index is -1.01. The summed E-state index contributed by atoms with van der Waals surface area (Å²) >= 11 is 5.90. The number of halogens is 1. The first-order valence-corrected chi connectivity index (χ1v) is 7.83. The van der Waals surface area contributed by atoms with Gasteiger partial charge in [-0.3, -0.25) is 23.5 Å². The lowest BCUT2D eigenvalue weighted by Gasteiger charge is -2.26. The molecule has 0 bridgehead atoms. The van der Waals surface area contributed by atoms with Crippen LogP contribution in [0.25, 0.3) is 0 Å². The lowest BCUT2D eigenvalue weighted by molar-refractivity contribution is -0.123. The highest BCUT2D eigenvalue weighted by Gasteiger charge is 2.35. The van der Waals surface area contributed by atoms with E-state index < -0.39 is 29.0 Å². The highest BCUT2D eigenvalue weighted by Crippen LogP contribution is 2.29. The van der Waals surface area contributed by atoms with Crippen LogP contribution in [0.2, 0.25) is 5.02 Å². The lowest BCUT2D eigenvalue weighted by atomic mass is 9.92. The predicted molar refractivity (Wildman–Crippen MR) is 93.0 cm³/mol. The van der Waals surface area contributed by atoms with E-state index in [1.165, 1.54) is 14.1 Å². The number of amides is 2. The number of fused-ring (bicyclic) bond motifs is 1. The van der Waals surface area contributed by atoms with Crippen molar-refractivity contribution in [2.45, 2.75) is 12.3 Å². The molecule has 9 heteroatoms. The van der Waals surface area contributed by atoms with Crippen LogP contribution in [0.3, 0.4) is 0 Å². The van der Waals surface area contributed by atoms with E-state index >= 15 is 0 Å². The van der Waals surface area contributed by atoms with Crippen LogP contribution in [-0.2, 0) is 23.7 Å². The first-order valence-electron chi connectivity index (χ1n) is 7.45. The second-order valence-electron chi connectivity index (χ2n) is 5.77. The molecule has 2 heterocycles. The second-order valence-corrected chi connectivity index (χ2v) is 6.21. The van der Waals surface area contributed by atoms with E-state index in [1.54, 1.807) is 24.3 Å². The molecule has 8 nitrogen and oxygen atoms in total. The van der Waals surface area contributed by atoms with Gasteiger partial charge < -0.3 is 10.6 Å². The van der Waals surface area contributed by atoms with Crippen LogP contribution in [0.15, 0.2) is 33.9 Å². The molecule has 1 aliphatic rings. The zero-order valence-corrected chi connectivity index (χ0v) is 14.3. The first kappa shape index (κ1) is 17.0. The highest BCUT2D eigenvalue weighted by molar-refractivity contribution is 6.30. The van der Waals surface area contributed by atoms with Crippen molar-refractivity contribution >= 4 is 34.9 Å². The molecule has 0 unspecified atom stereocenters. The summed E-state index contributed by atoms with van der Waals surface area (Å²) in [5, 5.41) is 5.60. The summed E-state index contributed by atoms with van der Waals surface area (Å²) in [6.07, 6.45) is -0.188. The smallest absolute Gasteiger partial charge is 0.325 e. The minimum absolute atomic E-state index is 0.0515. The zero-order valence-electron chi connectivity index (χ0n) is 13.5. The Hall–Kier alpha value is -2.87. The van der Waals surface area contributed by atoms with Gasteiger partial charge in [-0.15, -0.1) is 0 Å². The molecule has 0 saturated heterocycles. The maximum Gasteiger partial charge on any atom is 0.332 e. The molecule has 2 N–H and O–H groups in total. The summed E-state index contributed by atoms with van der Waals surface area (Å²) in [6.45, 7) is 0. The molecule has 1 aromatic carbocycles. The molecule has 2 aromatic rings. The van der Waals surface area contributed by atoms with E-state index in [0.29, 0.717) is 10.7 Å². The molecule has 1 atom stereocenters. The van der Waals surface area contributed by atoms with E-state index in [-0.39, 0.29) is 17.8 Å². The standard InChI is InChI=1S/C16H15ClN4O4/c1-20-13-12(15(24)21(2)16(20)25)10(7-11(22)19-13)14(23)18-9-5-3-4-8(17)6-9/h3-6,10H,7H2,1-2H3,(H,18,23)(H,19,22)/t10-/m1/s1. The van der Waals surface area contributed by atoms with E-state index in [4.69, 9.17) is 11.6 Å². The predicted octanol–water partition coefficient (Wildman–Crippen LogP) is 0.802. The molecule has 25 heavy (non-hydrogen) atoms. The van der Waals surface area contributed by atoms with Crippen LogP contribution in [0.5, 0.6) is 0 Å². The second kappa shape index (κ2) is 6.21. The summed E-state index contributed by atoms with van der Waals surface area (Å²) in [7, 11) is 2.76. The third-order valence-corrected chi connectivity index (χ3v) is 4.34. The Kier molecular flexibility index (Phi) is 4.22. The number of nitrogens with zero attached hydrogens (tertiary/aromatic N) is 2. The van der Waals surface area contributed by atoms with Crippen LogP contribution in [0.4, 0.5) is 11.5 Å². The number of carbonyl (C=O) groups is 2. The Balaban J connectivity index is 2.07. The number of hydrogen-bond donors (Lipinski definition) is 2. The molecule has 2 amide bonds. The third-order valence-electron chi connectivity index (χ3n) is 4.10. The molecular weight excluding hydrogens is 348 g/mol. The fraction of sp³-hybridized carbons (Fsp3) is 0.250. The van der Waals surface area contributed by atoms with Crippen molar-refractivity contribution in [3.05, 3.63) is 55.7 Å². The van der Waals surface area contributed by atoms with E-state index in [9.17, 15) is 19.2 Å². The van der Waals surface area contributed by atoms with Gasteiger partial charge in [-0.25, -0.2) is 4.79 Å². The topological polar surface area (TPSA) is 102 Å². The number of aromatic nitrogens is 2. The summed E-state index contributed by atoms with van der Waals surface area (Å²) < 4.78 is 2.06. The van der Waals surface area contributed by atoms with Gasteiger partial charge in [0, 0.05) is 31.2 Å². The number of hydrogen-bond acceptors (Lipinski definition) is 4. The van der Waals surface area contributed by atoms with Gasteiger partial charge >= 0.3 is 5.69 Å². The van der Waals surface area contributed by atoms with Crippen molar-refractivity contribution in [1.29, 1.82) is 0 Å². The summed E-state index contributed by atoms with van der Waals surface area (Å²) in [5.74, 6) is -1.92. The largest absolute Gasteiger partial charge is 0.332 e. The van der Waals surface area contributed by atoms with E-state index in [2.05, 4.69) is 10.6 Å². The summed E-state index contributed by atoms with van der Waals surface area (Å²) in [4.78, 5) is 49.2. The van der Waals surface area contributed by atoms with Gasteiger partial charge in [0.25, 0.3) is 5.56 Å². The summed E-state index contributed by atoms with van der Waals surface area (Å²) in [5.41, 5.74) is -0.653. The average molecular weight is 363 g/mol. The fourth-order valence-corrected chi connectivity index (χ4v) is 3.02. The molecule has 130 valence electrons. The zero-order chi connectivity index (χ0) is 18.3. The number of carbonyl (C=O) groups excluding carboxylic acids is 2. The molecule has 3 rings (SSSR count). The van der Waals surface area contributed by atoms with Crippen LogP contribution in [0, 0.1) is 0 Å². The maximum absolute atomic E-state index is 12.7. The molecular formula is C16H15ClN4O4. The first-order chi connectivity index (χ1) is 11.8. The molecule has 0 saturated carbocycles. The summed E-state index contributed by atoms with van der Waals surface area (Å²) in [6, 6.07) is 6.53. The van der Waals surface area contributed by atoms with Crippen molar-refractivity contribution in [1.82, 2.24) is 9.13 Å². The number of benzene rings is 1. The Morgan fingerprint density at radius 1 is 1.24 bits per heavy atom. The van der Waals surface area contributed by atoms with Crippen molar-refractivity contribution in [3.63, 3.8) is 0 Å². The molecule has 0 fully saturated rings. The normalized spacial score (nSPS) is 16.1. The van der Waals surface area contributed by atoms with Crippen LogP contribution < -0.4 is 21.9 Å². The molecule has 1 aromatic heterocycles. The lowest BCUT2D eigenvalue weighted by Crippen LogP contribution is -2.45. The van der Waals surface area contributed by atoms with Crippen molar-refractivity contribution in [2.75, 3.05) is 10.6 Å². The van der Waals surface area contributed by atoms with E-state index in [0.717, 1.165) is 9.13 Å². The van der Waals surface area contributed by atoms with Crippen molar-refractivity contribution in [2.24, 2.45) is 14.1 Å². The quantitative estimate of drug-likeness (QED) is 0.824. The van der Waals surface area contributed by atoms with Gasteiger partial charge in [0.15, 0.2) is 0 Å². The van der Waals surface area contributed by atoms with Crippen molar-refractivity contribution in [3.8, 4) is 0 Å². The van der Waals surface area contributed by atoms with Gasteiger partial charge in [-0.2, -0.15) is 0 Å². The SMILES string of the molecule is Cn1c2c(c(=O)n(C)c1=O)[C@H](C(=O)Nc1cccc(Cl)c1)CC(=O)N2. The maximum atomic E-state index is 12.7. The average Bonchev–Trinajstić information content (AvgIpc) is 2.57. The van der Waals surface area contributed by atoms with Crippen LogP contribution in [-0.4, -0.2) is 20.9 Å². The minimum Gasteiger partial charge on any atom is -0.325 e. The van der Waals surface area contributed by atoms with Crippen LogP contribution in [0.1, 0.15) is 17.9 Å². The van der Waals surface area contributed by atoms with Crippen LogP contribution >= 0.6 is 11.6 Å². The Morgan fingerprint density at radius 3 is 2.64 bits per heavy atom. The van der Waals surface area contributed by atoms with Gasteiger partial charge in [-0.1, -0.05) is 17.7 Å². The van der Waals surface area contributed by atoms with Gasteiger partial charge in [-0.05, 0) is 18.2 Å². The van der Waals surface area contributed by atoms with E-state index in [1.807, 2.05) is 0 Å². The molecule has 0 radical (unpaired) electrons. The Morgan fingerprint density at radius 2 is 1.96 bits per heavy atom. The third kappa shape index (κ3) is 2.96. The molecule has 0 spiro atoms. The Labute approximate surface area is 147 Å². The van der Waals surface area contributed by atoms with Crippen molar-refractivity contribution < 1.29 is 9.59 Å². The number of anilines is 2. The highest BCUT2D eigenvalue weighted by atomic mass is 35.5. The van der Waals surface area contributed by atoms with Gasteiger partial charge in [0.1, 0.15) is 5.82 Å². The van der Waals surface area contributed by atoms with Gasteiger partial charge in [0.2, 0.25) is 11.8 Å². The Bertz CT molecular complexity index is 1010. The number of rotatable bonds is 2. The molecule has 0 aliphatic carbocycles. The molecule has 1 aliphatic heterocycles. The monoisotopic (exact) mass is 362 g/mol. The fourth-order valence-electron chi connectivity index (χ4n) is 2.83.